The normalized spacial score (nSPS) is 21.5. The van der Waals surface area contributed by atoms with E-state index in [1.807, 2.05) is 58.0 Å². The summed E-state index contributed by atoms with van der Waals surface area (Å²) in [5, 5.41) is 2.94. The van der Waals surface area contributed by atoms with Crippen LogP contribution in [0, 0.1) is 23.7 Å². The number of esters is 1. The minimum Gasteiger partial charge on any atom is -0.466 e. The SMILES string of the molecule is CCCOC(=O)N1CCN(C(=O)[C@@H](NC(=O)c2cc(N3C[C@@H]4[C@H](C3)[C@@H]4C(=O)OCC)nc(-c3ccccc3)n2)C(C)C)CC1. The van der Waals surface area contributed by atoms with Gasteiger partial charge in [-0.25, -0.2) is 14.8 Å². The topological polar surface area (TPSA) is 134 Å². The van der Waals surface area contributed by atoms with E-state index in [1.54, 1.807) is 15.9 Å². The third-order valence-corrected chi connectivity index (χ3v) is 8.55. The largest absolute Gasteiger partial charge is 0.466 e. The van der Waals surface area contributed by atoms with E-state index in [-0.39, 0.29) is 47.3 Å². The van der Waals surface area contributed by atoms with E-state index in [2.05, 4.69) is 15.2 Å². The second-order valence-electron chi connectivity index (χ2n) is 11.9. The van der Waals surface area contributed by atoms with Crippen molar-refractivity contribution in [1.29, 1.82) is 0 Å². The lowest BCUT2D eigenvalue weighted by molar-refractivity contribution is -0.145. The highest BCUT2D eigenvalue weighted by Gasteiger charge is 2.60. The summed E-state index contributed by atoms with van der Waals surface area (Å²) in [5.41, 5.74) is 0.933. The van der Waals surface area contributed by atoms with E-state index in [4.69, 9.17) is 14.5 Å². The van der Waals surface area contributed by atoms with Gasteiger partial charge in [0.05, 0.1) is 19.1 Å². The average molecular weight is 607 g/mol. The Hall–Kier alpha value is -4.22. The zero-order chi connectivity index (χ0) is 31.4. The van der Waals surface area contributed by atoms with Crippen LogP contribution in [-0.4, -0.2) is 102 Å². The van der Waals surface area contributed by atoms with Gasteiger partial charge in [0.15, 0.2) is 5.82 Å². The molecule has 12 heteroatoms. The van der Waals surface area contributed by atoms with E-state index in [0.29, 0.717) is 64.1 Å². The first-order chi connectivity index (χ1) is 21.2. The maximum atomic E-state index is 13.7. The van der Waals surface area contributed by atoms with Crippen LogP contribution >= 0.6 is 0 Å². The van der Waals surface area contributed by atoms with E-state index < -0.39 is 11.9 Å². The summed E-state index contributed by atoms with van der Waals surface area (Å²) in [5.74, 6) is 0.372. The molecule has 1 aliphatic carbocycles. The monoisotopic (exact) mass is 606 g/mol. The third-order valence-electron chi connectivity index (χ3n) is 8.55. The lowest BCUT2D eigenvalue weighted by atomic mass is 10.0. The predicted octanol–water partition coefficient (Wildman–Crippen LogP) is 2.83. The van der Waals surface area contributed by atoms with Crippen LogP contribution in [0.15, 0.2) is 36.4 Å². The molecule has 1 aromatic carbocycles. The predicted molar refractivity (Wildman–Crippen MR) is 163 cm³/mol. The van der Waals surface area contributed by atoms with Gasteiger partial charge in [0.25, 0.3) is 5.91 Å². The molecule has 3 amide bonds. The second kappa shape index (κ2) is 13.6. The van der Waals surface area contributed by atoms with Crippen molar-refractivity contribution in [2.24, 2.45) is 23.7 Å². The quantitative estimate of drug-likeness (QED) is 0.405. The number of carbonyl (C=O) groups is 4. The van der Waals surface area contributed by atoms with Crippen molar-refractivity contribution in [3.63, 3.8) is 0 Å². The van der Waals surface area contributed by atoms with Crippen LogP contribution in [0.3, 0.4) is 0 Å². The first-order valence-corrected chi connectivity index (χ1v) is 15.6. The zero-order valence-electron chi connectivity index (χ0n) is 25.9. The van der Waals surface area contributed by atoms with E-state index >= 15 is 0 Å². The Morgan fingerprint density at radius 2 is 1.59 bits per heavy atom. The fourth-order valence-corrected chi connectivity index (χ4v) is 6.05. The molecule has 4 atom stereocenters. The highest BCUT2D eigenvalue weighted by molar-refractivity contribution is 5.97. The molecule has 2 aromatic rings. The number of benzene rings is 1. The number of piperazine rings is 1. The number of aromatic nitrogens is 2. The van der Waals surface area contributed by atoms with E-state index in [1.165, 1.54) is 0 Å². The molecule has 0 bridgehead atoms. The average Bonchev–Trinajstić information content (AvgIpc) is 3.55. The maximum Gasteiger partial charge on any atom is 0.409 e. The molecule has 3 heterocycles. The van der Waals surface area contributed by atoms with Gasteiger partial charge in [0.2, 0.25) is 5.91 Å². The van der Waals surface area contributed by atoms with Crippen molar-refractivity contribution in [3.05, 3.63) is 42.1 Å². The molecule has 3 aliphatic rings. The molecule has 3 fully saturated rings. The Labute approximate surface area is 258 Å². The van der Waals surface area contributed by atoms with Gasteiger partial charge in [-0.1, -0.05) is 51.1 Å². The molecule has 0 spiro atoms. The highest BCUT2D eigenvalue weighted by Crippen LogP contribution is 2.53. The van der Waals surface area contributed by atoms with Gasteiger partial charge in [-0.15, -0.1) is 0 Å². The van der Waals surface area contributed by atoms with Gasteiger partial charge in [-0.05, 0) is 31.1 Å². The number of piperidine rings is 1. The van der Waals surface area contributed by atoms with Crippen molar-refractivity contribution in [2.45, 2.75) is 40.2 Å². The number of amides is 3. The lowest BCUT2D eigenvalue weighted by Crippen LogP contribution is -2.57. The number of rotatable bonds is 10. The Bertz CT molecular complexity index is 1350. The number of ether oxygens (including phenoxy) is 2. The van der Waals surface area contributed by atoms with Crippen molar-refractivity contribution >= 4 is 29.7 Å². The zero-order valence-corrected chi connectivity index (χ0v) is 25.9. The molecule has 1 saturated carbocycles. The van der Waals surface area contributed by atoms with Gasteiger partial charge in [0, 0.05) is 50.9 Å². The van der Waals surface area contributed by atoms with Crippen LogP contribution in [0.1, 0.15) is 44.6 Å². The van der Waals surface area contributed by atoms with Crippen molar-refractivity contribution in [2.75, 3.05) is 57.4 Å². The lowest BCUT2D eigenvalue weighted by Gasteiger charge is -2.36. The number of hydrogen-bond acceptors (Lipinski definition) is 9. The minimum absolute atomic E-state index is 0.0777. The summed E-state index contributed by atoms with van der Waals surface area (Å²) < 4.78 is 10.5. The molecule has 236 valence electrons. The summed E-state index contributed by atoms with van der Waals surface area (Å²) in [6, 6.07) is 10.3. The molecular formula is C32H42N6O6. The Balaban J connectivity index is 1.30. The molecule has 5 rings (SSSR count). The highest BCUT2D eigenvalue weighted by atomic mass is 16.6. The molecule has 0 unspecified atom stereocenters. The van der Waals surface area contributed by atoms with Crippen molar-refractivity contribution < 1.29 is 28.7 Å². The van der Waals surface area contributed by atoms with Crippen molar-refractivity contribution in [1.82, 2.24) is 25.1 Å². The molecule has 2 aliphatic heterocycles. The summed E-state index contributed by atoms with van der Waals surface area (Å²) in [6.45, 7) is 11.0. The van der Waals surface area contributed by atoms with Gasteiger partial charge in [0.1, 0.15) is 17.6 Å². The molecule has 2 saturated heterocycles. The standard InChI is InChI=1S/C32H42N6O6/c1-5-16-44-32(42)37-14-12-36(13-15-37)30(40)27(20(3)4)35-29(39)24-17-25(34-28(33-24)21-10-8-7-9-11-21)38-18-22-23(19-38)26(22)31(41)43-6-2/h7-11,17,20,22-23,26-27H,5-6,12-16,18-19H2,1-4H3,(H,35,39)/t22-,23+,26-,27-/m0/s1. The summed E-state index contributed by atoms with van der Waals surface area (Å²) in [6.07, 6.45) is 0.378. The van der Waals surface area contributed by atoms with Crippen LogP contribution in [0.25, 0.3) is 11.4 Å². The molecular weight excluding hydrogens is 564 g/mol. The number of hydrogen-bond donors (Lipinski definition) is 1. The van der Waals surface area contributed by atoms with Crippen LogP contribution in [0.4, 0.5) is 10.6 Å². The summed E-state index contributed by atoms with van der Waals surface area (Å²) >= 11 is 0. The van der Waals surface area contributed by atoms with Crippen LogP contribution < -0.4 is 10.2 Å². The first-order valence-electron chi connectivity index (χ1n) is 15.6. The number of nitrogens with one attached hydrogen (secondary N) is 1. The molecule has 12 nitrogen and oxygen atoms in total. The number of carbonyl (C=O) groups excluding carboxylic acids is 4. The first kappa shape index (κ1) is 31.2. The van der Waals surface area contributed by atoms with Gasteiger partial charge in [-0.2, -0.15) is 0 Å². The number of fused-ring (bicyclic) bond motifs is 1. The Morgan fingerprint density at radius 1 is 0.932 bits per heavy atom. The van der Waals surface area contributed by atoms with Gasteiger partial charge >= 0.3 is 12.1 Å². The smallest absolute Gasteiger partial charge is 0.409 e. The Kier molecular flexibility index (Phi) is 9.65. The maximum absolute atomic E-state index is 13.7. The van der Waals surface area contributed by atoms with Crippen molar-refractivity contribution in [3.8, 4) is 11.4 Å². The fourth-order valence-electron chi connectivity index (χ4n) is 6.05. The second-order valence-corrected chi connectivity index (χ2v) is 11.9. The molecule has 44 heavy (non-hydrogen) atoms. The third kappa shape index (κ3) is 6.79. The van der Waals surface area contributed by atoms with Gasteiger partial charge < -0.3 is 29.5 Å². The molecule has 0 radical (unpaired) electrons. The molecule has 1 aromatic heterocycles. The summed E-state index contributed by atoms with van der Waals surface area (Å²) in [4.78, 5) is 66.6. The minimum atomic E-state index is -0.774. The number of anilines is 1. The van der Waals surface area contributed by atoms with Crippen LogP contribution in [0.5, 0.6) is 0 Å². The van der Waals surface area contributed by atoms with Gasteiger partial charge in [-0.3, -0.25) is 14.4 Å². The number of nitrogens with zero attached hydrogens (tertiary/aromatic N) is 5. The van der Waals surface area contributed by atoms with Crippen LogP contribution in [0.2, 0.25) is 0 Å². The van der Waals surface area contributed by atoms with E-state index in [9.17, 15) is 19.2 Å². The summed E-state index contributed by atoms with van der Waals surface area (Å²) in [7, 11) is 0. The fraction of sp³-hybridized carbons (Fsp3) is 0.562. The van der Waals surface area contributed by atoms with Crippen LogP contribution in [-0.2, 0) is 19.1 Å². The Morgan fingerprint density at radius 3 is 2.20 bits per heavy atom. The molecule has 1 N–H and O–H groups in total. The van der Waals surface area contributed by atoms with E-state index in [0.717, 1.165) is 12.0 Å².